The van der Waals surface area contributed by atoms with Crippen molar-refractivity contribution in [1.29, 1.82) is 0 Å². The lowest BCUT2D eigenvalue weighted by Gasteiger charge is -2.23. The highest BCUT2D eigenvalue weighted by molar-refractivity contribution is 7.89. The van der Waals surface area contributed by atoms with E-state index in [0.717, 1.165) is 25.2 Å². The third-order valence-corrected chi connectivity index (χ3v) is 5.01. The number of sulfonamides is 1. The van der Waals surface area contributed by atoms with Crippen molar-refractivity contribution in [3.8, 4) is 0 Å². The number of hydrogen-bond donors (Lipinski definition) is 2. The first-order chi connectivity index (χ1) is 9.32. The van der Waals surface area contributed by atoms with Gasteiger partial charge in [0.2, 0.25) is 10.0 Å². The summed E-state index contributed by atoms with van der Waals surface area (Å²) < 4.78 is 25.6. The van der Waals surface area contributed by atoms with Gasteiger partial charge in [-0.05, 0) is 32.1 Å². The van der Waals surface area contributed by atoms with E-state index in [1.54, 1.807) is 6.07 Å². The molecule has 20 heavy (non-hydrogen) atoms. The SMILES string of the molecule is CNCCCN(C)c1cccc(S(=O)(=O)N(C)C)c1N. The number of nitrogens with one attached hydrogen (secondary N) is 1. The summed E-state index contributed by atoms with van der Waals surface area (Å²) >= 11 is 0. The minimum atomic E-state index is -3.52. The van der Waals surface area contributed by atoms with Gasteiger partial charge in [-0.1, -0.05) is 6.07 Å². The first-order valence-electron chi connectivity index (χ1n) is 6.49. The van der Waals surface area contributed by atoms with Crippen molar-refractivity contribution in [2.75, 3.05) is 51.9 Å². The normalized spacial score (nSPS) is 11.8. The monoisotopic (exact) mass is 300 g/mol. The molecular weight excluding hydrogens is 276 g/mol. The molecule has 1 aromatic rings. The summed E-state index contributed by atoms with van der Waals surface area (Å²) in [5, 5.41) is 3.08. The zero-order chi connectivity index (χ0) is 15.3. The second-order valence-corrected chi connectivity index (χ2v) is 6.98. The first-order valence-corrected chi connectivity index (χ1v) is 7.93. The molecule has 0 aliphatic carbocycles. The number of hydrogen-bond acceptors (Lipinski definition) is 5. The summed E-state index contributed by atoms with van der Waals surface area (Å²) in [4.78, 5) is 2.13. The van der Waals surface area contributed by atoms with E-state index >= 15 is 0 Å². The Kier molecular flexibility index (Phi) is 5.79. The molecule has 7 heteroatoms. The van der Waals surface area contributed by atoms with Crippen LogP contribution in [0.2, 0.25) is 0 Å². The van der Waals surface area contributed by atoms with E-state index in [1.165, 1.54) is 24.5 Å². The lowest BCUT2D eigenvalue weighted by Crippen LogP contribution is -2.26. The molecule has 0 spiro atoms. The highest BCUT2D eigenvalue weighted by atomic mass is 32.2. The molecule has 1 rings (SSSR count). The fraction of sp³-hybridized carbons (Fsp3) is 0.538. The average Bonchev–Trinajstić information content (AvgIpc) is 2.38. The van der Waals surface area contributed by atoms with Crippen LogP contribution in [0.1, 0.15) is 6.42 Å². The second-order valence-electron chi connectivity index (χ2n) is 4.86. The van der Waals surface area contributed by atoms with Crippen LogP contribution in [0.25, 0.3) is 0 Å². The summed E-state index contributed by atoms with van der Waals surface area (Å²) in [7, 11) is 3.29. The smallest absolute Gasteiger partial charge is 0.244 e. The zero-order valence-electron chi connectivity index (χ0n) is 12.5. The fourth-order valence-corrected chi connectivity index (χ4v) is 2.93. The third-order valence-electron chi connectivity index (χ3n) is 3.13. The van der Waals surface area contributed by atoms with Crippen LogP contribution in [0.4, 0.5) is 11.4 Å². The quantitative estimate of drug-likeness (QED) is 0.568. The van der Waals surface area contributed by atoms with Gasteiger partial charge < -0.3 is 16.0 Å². The van der Waals surface area contributed by atoms with E-state index in [9.17, 15) is 8.42 Å². The van der Waals surface area contributed by atoms with Crippen LogP contribution >= 0.6 is 0 Å². The topological polar surface area (TPSA) is 78.7 Å². The van der Waals surface area contributed by atoms with Crippen LogP contribution in [-0.4, -0.2) is 54.0 Å². The molecule has 6 nitrogen and oxygen atoms in total. The van der Waals surface area contributed by atoms with Crippen LogP contribution < -0.4 is 16.0 Å². The van der Waals surface area contributed by atoms with Crippen molar-refractivity contribution in [1.82, 2.24) is 9.62 Å². The van der Waals surface area contributed by atoms with Crippen molar-refractivity contribution in [3.05, 3.63) is 18.2 Å². The molecule has 0 heterocycles. The number of para-hydroxylation sites is 1. The Bertz CT molecular complexity index is 543. The Balaban J connectivity index is 3.07. The van der Waals surface area contributed by atoms with E-state index in [-0.39, 0.29) is 4.90 Å². The Morgan fingerprint density at radius 2 is 1.90 bits per heavy atom. The van der Waals surface area contributed by atoms with E-state index in [1.807, 2.05) is 25.1 Å². The average molecular weight is 300 g/mol. The lowest BCUT2D eigenvalue weighted by atomic mass is 10.2. The summed E-state index contributed by atoms with van der Waals surface area (Å²) in [6.07, 6.45) is 0.955. The third kappa shape index (κ3) is 3.62. The summed E-state index contributed by atoms with van der Waals surface area (Å²) in [5.41, 5.74) is 7.09. The van der Waals surface area contributed by atoms with E-state index < -0.39 is 10.0 Å². The molecule has 0 amide bonds. The number of rotatable bonds is 7. The van der Waals surface area contributed by atoms with Crippen molar-refractivity contribution in [2.24, 2.45) is 0 Å². The molecule has 0 bridgehead atoms. The van der Waals surface area contributed by atoms with Crippen LogP contribution in [0, 0.1) is 0 Å². The number of nitrogens with zero attached hydrogens (tertiary/aromatic N) is 2. The molecular formula is C13H24N4O2S. The number of benzene rings is 1. The molecule has 0 fully saturated rings. The summed E-state index contributed by atoms with van der Waals surface area (Å²) in [5.74, 6) is 0. The maximum Gasteiger partial charge on any atom is 0.244 e. The van der Waals surface area contributed by atoms with Gasteiger partial charge in [0.1, 0.15) is 4.90 Å². The highest BCUT2D eigenvalue weighted by Gasteiger charge is 2.22. The van der Waals surface area contributed by atoms with Crippen LogP contribution in [0.5, 0.6) is 0 Å². The predicted molar refractivity (Wildman–Crippen MR) is 83.5 cm³/mol. The van der Waals surface area contributed by atoms with Crippen molar-refractivity contribution in [2.45, 2.75) is 11.3 Å². The Labute approximate surface area is 121 Å². The molecule has 0 saturated carbocycles. The standard InChI is InChI=1S/C13H24N4O2S/c1-15-9-6-10-17(4)11-7-5-8-12(13(11)14)20(18,19)16(2)3/h5,7-8,15H,6,9-10,14H2,1-4H3. The Morgan fingerprint density at radius 1 is 1.25 bits per heavy atom. The van der Waals surface area contributed by atoms with Gasteiger partial charge in [0.15, 0.2) is 0 Å². The summed E-state index contributed by atoms with van der Waals surface area (Å²) in [6.45, 7) is 1.70. The van der Waals surface area contributed by atoms with E-state index in [0.29, 0.717) is 5.69 Å². The fourth-order valence-electron chi connectivity index (χ4n) is 1.90. The van der Waals surface area contributed by atoms with Gasteiger partial charge in [0.05, 0.1) is 11.4 Å². The van der Waals surface area contributed by atoms with Crippen molar-refractivity contribution < 1.29 is 8.42 Å². The molecule has 0 saturated heterocycles. The van der Waals surface area contributed by atoms with Gasteiger partial charge in [-0.3, -0.25) is 0 Å². The first kappa shape index (κ1) is 16.7. The molecule has 0 aliphatic heterocycles. The van der Waals surface area contributed by atoms with E-state index in [4.69, 9.17) is 5.73 Å². The van der Waals surface area contributed by atoms with Gasteiger partial charge in [-0.2, -0.15) is 0 Å². The molecule has 0 radical (unpaired) electrons. The molecule has 114 valence electrons. The maximum atomic E-state index is 12.2. The van der Waals surface area contributed by atoms with Crippen LogP contribution in [0.3, 0.4) is 0 Å². The maximum absolute atomic E-state index is 12.2. The number of nitrogens with two attached hydrogens (primary N) is 1. The van der Waals surface area contributed by atoms with Crippen molar-refractivity contribution in [3.63, 3.8) is 0 Å². The molecule has 0 aromatic heterocycles. The van der Waals surface area contributed by atoms with Gasteiger partial charge in [0.25, 0.3) is 0 Å². The molecule has 1 aromatic carbocycles. The number of anilines is 2. The zero-order valence-corrected chi connectivity index (χ0v) is 13.4. The second kappa shape index (κ2) is 6.92. The largest absolute Gasteiger partial charge is 0.396 e. The molecule has 0 atom stereocenters. The predicted octanol–water partition coefficient (Wildman–Crippen LogP) is 0.565. The van der Waals surface area contributed by atoms with Gasteiger partial charge in [-0.15, -0.1) is 0 Å². The summed E-state index contributed by atoms with van der Waals surface area (Å²) in [6, 6.07) is 5.09. The molecule has 0 aliphatic rings. The Hall–Kier alpha value is -1.31. The van der Waals surface area contributed by atoms with Gasteiger partial charge >= 0.3 is 0 Å². The minimum absolute atomic E-state index is 0.153. The lowest BCUT2D eigenvalue weighted by molar-refractivity contribution is 0.521. The van der Waals surface area contributed by atoms with Gasteiger partial charge in [-0.25, -0.2) is 12.7 Å². The molecule has 0 unspecified atom stereocenters. The molecule has 3 N–H and O–H groups in total. The number of nitrogen functional groups attached to an aromatic ring is 1. The highest BCUT2D eigenvalue weighted by Crippen LogP contribution is 2.30. The van der Waals surface area contributed by atoms with Gasteiger partial charge in [0, 0.05) is 27.7 Å². The minimum Gasteiger partial charge on any atom is -0.396 e. The van der Waals surface area contributed by atoms with Crippen LogP contribution in [-0.2, 0) is 10.0 Å². The van der Waals surface area contributed by atoms with E-state index in [2.05, 4.69) is 5.32 Å². The Morgan fingerprint density at radius 3 is 2.45 bits per heavy atom. The van der Waals surface area contributed by atoms with Crippen molar-refractivity contribution >= 4 is 21.4 Å². The van der Waals surface area contributed by atoms with Crippen LogP contribution in [0.15, 0.2) is 23.1 Å².